The fraction of sp³-hybridized carbons (Fsp3) is 0.182. The van der Waals surface area contributed by atoms with Crippen molar-refractivity contribution in [1.29, 1.82) is 0 Å². The molecule has 78 valence electrons. The summed E-state index contributed by atoms with van der Waals surface area (Å²) in [4.78, 5) is 10.9. The van der Waals surface area contributed by atoms with Crippen molar-refractivity contribution in [2.75, 3.05) is 5.88 Å². The van der Waals surface area contributed by atoms with Gasteiger partial charge in [-0.15, -0.1) is 11.6 Å². The fourth-order valence-electron chi connectivity index (χ4n) is 1.02. The van der Waals surface area contributed by atoms with E-state index in [1.165, 1.54) is 12.1 Å². The van der Waals surface area contributed by atoms with Crippen molar-refractivity contribution in [3.05, 3.63) is 29.3 Å². The van der Waals surface area contributed by atoms with Crippen LogP contribution in [0.15, 0.2) is 18.2 Å². The number of phenols is 1. The molecule has 1 rings (SSSR count). The van der Waals surface area contributed by atoms with Crippen molar-refractivity contribution >= 4 is 17.5 Å². The summed E-state index contributed by atoms with van der Waals surface area (Å²) < 4.78 is 0. The molecule has 15 heavy (non-hydrogen) atoms. The zero-order valence-corrected chi connectivity index (χ0v) is 8.71. The van der Waals surface area contributed by atoms with Crippen molar-refractivity contribution in [2.45, 2.75) is 6.42 Å². The van der Waals surface area contributed by atoms with Crippen molar-refractivity contribution in [3.63, 3.8) is 0 Å². The van der Waals surface area contributed by atoms with E-state index in [9.17, 15) is 9.90 Å². The molecular weight excluding hydrogens is 214 g/mol. The third-order valence-corrected chi connectivity index (χ3v) is 1.90. The number of carbonyl (C=O) groups is 1. The zero-order chi connectivity index (χ0) is 11.3. The molecule has 1 aromatic rings. The second kappa shape index (κ2) is 5.28. The van der Waals surface area contributed by atoms with Gasteiger partial charge in [-0.1, -0.05) is 11.8 Å². The van der Waals surface area contributed by atoms with Gasteiger partial charge in [-0.3, -0.25) is 4.79 Å². The second-order valence-electron chi connectivity index (χ2n) is 2.84. The highest BCUT2D eigenvalue weighted by Crippen LogP contribution is 2.17. The first-order valence-corrected chi connectivity index (χ1v) is 4.86. The van der Waals surface area contributed by atoms with Crippen LogP contribution in [0.2, 0.25) is 0 Å². The zero-order valence-electron chi connectivity index (χ0n) is 7.96. The largest absolute Gasteiger partial charge is 0.507 e. The Morgan fingerprint density at radius 1 is 1.53 bits per heavy atom. The minimum absolute atomic E-state index is 0.0765. The second-order valence-corrected chi connectivity index (χ2v) is 3.21. The maximum Gasteiger partial charge on any atom is 0.252 e. The molecule has 0 fully saturated rings. The molecule has 3 nitrogen and oxygen atoms in total. The molecule has 0 aliphatic heterocycles. The number of carbonyl (C=O) groups excluding carboxylic acids is 1. The minimum atomic E-state index is -0.673. The smallest absolute Gasteiger partial charge is 0.252 e. The van der Waals surface area contributed by atoms with E-state index in [1.54, 1.807) is 6.07 Å². The summed E-state index contributed by atoms with van der Waals surface area (Å²) in [7, 11) is 0. The number of rotatable bonds is 2. The molecular formula is C11H10ClNO2. The lowest BCUT2D eigenvalue weighted by Crippen LogP contribution is -2.11. The van der Waals surface area contributed by atoms with Crippen LogP contribution >= 0.6 is 11.6 Å². The average Bonchev–Trinajstić information content (AvgIpc) is 2.20. The van der Waals surface area contributed by atoms with Crippen LogP contribution in [-0.2, 0) is 0 Å². The number of nitrogens with two attached hydrogens (primary N) is 1. The van der Waals surface area contributed by atoms with Gasteiger partial charge in [0, 0.05) is 17.9 Å². The Morgan fingerprint density at radius 3 is 2.87 bits per heavy atom. The van der Waals surface area contributed by atoms with Gasteiger partial charge in [0.25, 0.3) is 5.91 Å². The summed E-state index contributed by atoms with van der Waals surface area (Å²) >= 11 is 5.46. The van der Waals surface area contributed by atoms with Gasteiger partial charge in [0.2, 0.25) is 0 Å². The van der Waals surface area contributed by atoms with E-state index in [-0.39, 0.29) is 11.3 Å². The lowest BCUT2D eigenvalue weighted by atomic mass is 10.1. The normalized spacial score (nSPS) is 9.13. The van der Waals surface area contributed by atoms with Crippen molar-refractivity contribution in [3.8, 4) is 17.6 Å². The molecule has 0 bridgehead atoms. The quantitative estimate of drug-likeness (QED) is 0.589. The molecule has 0 unspecified atom stereocenters. The topological polar surface area (TPSA) is 63.3 Å². The summed E-state index contributed by atoms with van der Waals surface area (Å²) in [5, 5.41) is 9.31. The van der Waals surface area contributed by atoms with Gasteiger partial charge in [0.05, 0.1) is 5.56 Å². The molecule has 3 N–H and O–H groups in total. The molecule has 0 spiro atoms. The lowest BCUT2D eigenvalue weighted by Gasteiger charge is -1.99. The number of alkyl halides is 1. The van der Waals surface area contributed by atoms with Crippen LogP contribution in [0.3, 0.4) is 0 Å². The van der Waals surface area contributed by atoms with Gasteiger partial charge in [0.15, 0.2) is 0 Å². The van der Waals surface area contributed by atoms with Gasteiger partial charge in [0.1, 0.15) is 5.75 Å². The van der Waals surface area contributed by atoms with Gasteiger partial charge < -0.3 is 10.8 Å². The standard InChI is InChI=1S/C11H10ClNO2/c12-6-2-1-3-8-4-5-10(14)9(7-8)11(13)15/h4-5,7,14H,2,6H2,(H2,13,15). The molecule has 0 heterocycles. The Bertz CT molecular complexity index is 432. The lowest BCUT2D eigenvalue weighted by molar-refractivity contribution is 0.0997. The number of hydrogen-bond acceptors (Lipinski definition) is 2. The Hall–Kier alpha value is -1.66. The molecule has 1 amide bonds. The first-order valence-electron chi connectivity index (χ1n) is 4.33. The monoisotopic (exact) mass is 223 g/mol. The van der Waals surface area contributed by atoms with Gasteiger partial charge >= 0.3 is 0 Å². The summed E-state index contributed by atoms with van der Waals surface area (Å²) in [5.74, 6) is 5.30. The van der Waals surface area contributed by atoms with E-state index in [0.717, 1.165) is 0 Å². The predicted molar refractivity (Wildman–Crippen MR) is 58.8 cm³/mol. The van der Waals surface area contributed by atoms with E-state index >= 15 is 0 Å². The van der Waals surface area contributed by atoms with Crippen LogP contribution in [0.25, 0.3) is 0 Å². The average molecular weight is 224 g/mol. The molecule has 0 aliphatic carbocycles. The van der Waals surface area contributed by atoms with E-state index in [0.29, 0.717) is 17.9 Å². The Morgan fingerprint density at radius 2 is 2.27 bits per heavy atom. The van der Waals surface area contributed by atoms with E-state index in [4.69, 9.17) is 17.3 Å². The fourth-order valence-corrected chi connectivity index (χ4v) is 1.12. The highest BCUT2D eigenvalue weighted by atomic mass is 35.5. The van der Waals surface area contributed by atoms with Crippen LogP contribution in [-0.4, -0.2) is 16.9 Å². The van der Waals surface area contributed by atoms with E-state index in [2.05, 4.69) is 11.8 Å². The molecule has 0 saturated heterocycles. The Labute approximate surface area is 92.9 Å². The van der Waals surface area contributed by atoms with Gasteiger partial charge in [-0.05, 0) is 18.2 Å². The first kappa shape index (κ1) is 11.4. The minimum Gasteiger partial charge on any atom is -0.507 e. The van der Waals surface area contributed by atoms with Crippen molar-refractivity contribution < 1.29 is 9.90 Å². The predicted octanol–water partition coefficient (Wildman–Crippen LogP) is 1.47. The van der Waals surface area contributed by atoms with Crippen LogP contribution < -0.4 is 5.73 Å². The Balaban J connectivity index is 2.99. The number of benzene rings is 1. The third-order valence-electron chi connectivity index (χ3n) is 1.71. The number of hydrogen-bond donors (Lipinski definition) is 2. The van der Waals surface area contributed by atoms with Gasteiger partial charge in [-0.2, -0.15) is 0 Å². The van der Waals surface area contributed by atoms with E-state index < -0.39 is 5.91 Å². The molecule has 0 saturated carbocycles. The number of halogens is 1. The highest BCUT2D eigenvalue weighted by molar-refractivity contribution is 6.18. The number of aromatic hydroxyl groups is 1. The summed E-state index contributed by atoms with van der Waals surface area (Å²) in [6.45, 7) is 0. The SMILES string of the molecule is NC(=O)c1cc(C#CCCCl)ccc1O. The maximum atomic E-state index is 10.9. The van der Waals surface area contributed by atoms with Crippen LogP contribution in [0.4, 0.5) is 0 Å². The summed E-state index contributed by atoms with van der Waals surface area (Å²) in [6.07, 6.45) is 0.578. The maximum absolute atomic E-state index is 10.9. The third kappa shape index (κ3) is 3.19. The van der Waals surface area contributed by atoms with Crippen molar-refractivity contribution in [2.24, 2.45) is 5.73 Å². The molecule has 1 aromatic carbocycles. The molecule has 0 aromatic heterocycles. The molecule has 0 radical (unpaired) electrons. The van der Waals surface area contributed by atoms with Gasteiger partial charge in [-0.25, -0.2) is 0 Å². The van der Waals surface area contributed by atoms with Crippen LogP contribution in [0.1, 0.15) is 22.3 Å². The molecule has 0 atom stereocenters. The highest BCUT2D eigenvalue weighted by Gasteiger charge is 2.06. The van der Waals surface area contributed by atoms with E-state index in [1.807, 2.05) is 0 Å². The van der Waals surface area contributed by atoms with Crippen molar-refractivity contribution in [1.82, 2.24) is 0 Å². The summed E-state index contributed by atoms with van der Waals surface area (Å²) in [5.41, 5.74) is 5.78. The van der Waals surface area contributed by atoms with Crippen LogP contribution in [0.5, 0.6) is 5.75 Å². The number of amides is 1. The summed E-state index contributed by atoms with van der Waals surface area (Å²) in [6, 6.07) is 4.46. The Kier molecular flexibility index (Phi) is 4.02. The molecule has 4 heteroatoms. The number of primary amides is 1. The van der Waals surface area contributed by atoms with Crippen LogP contribution in [0, 0.1) is 11.8 Å². The first-order chi connectivity index (χ1) is 7.15. The molecule has 0 aliphatic rings.